The number of para-hydroxylation sites is 1. The molecule has 156 valence electrons. The van der Waals surface area contributed by atoms with Gasteiger partial charge in [0.05, 0.1) is 23.6 Å². The summed E-state index contributed by atoms with van der Waals surface area (Å²) in [7, 11) is 1.57. The summed E-state index contributed by atoms with van der Waals surface area (Å²) >= 11 is 0. The number of carbonyl (C=O) groups is 1. The molecule has 0 saturated heterocycles. The van der Waals surface area contributed by atoms with Gasteiger partial charge in [0.15, 0.2) is 17.1 Å². The molecule has 0 amide bonds. The molecule has 0 radical (unpaired) electrons. The van der Waals surface area contributed by atoms with E-state index in [4.69, 9.17) is 4.74 Å². The maximum absolute atomic E-state index is 13.5. The zero-order valence-corrected chi connectivity index (χ0v) is 16.7. The number of halogens is 1. The van der Waals surface area contributed by atoms with Gasteiger partial charge in [-0.3, -0.25) is 4.79 Å². The van der Waals surface area contributed by atoms with Crippen LogP contribution in [0.4, 0.5) is 4.39 Å². The Morgan fingerprint density at radius 1 is 1.13 bits per heavy atom. The molecule has 1 atom stereocenters. The number of hydrogen-bond donors (Lipinski definition) is 1. The Morgan fingerprint density at radius 2 is 1.90 bits per heavy atom. The van der Waals surface area contributed by atoms with Crippen LogP contribution in [-0.2, 0) is 17.8 Å². The van der Waals surface area contributed by atoms with Gasteiger partial charge in [0.2, 0.25) is 0 Å². The van der Waals surface area contributed by atoms with E-state index in [0.29, 0.717) is 29.0 Å². The van der Waals surface area contributed by atoms with Crippen molar-refractivity contribution in [3.8, 4) is 16.9 Å². The number of aromatic hydroxyl groups is 1. The summed E-state index contributed by atoms with van der Waals surface area (Å²) in [5, 5.41) is 23.5. The number of methoxy groups -OCH3 is 1. The zero-order chi connectivity index (χ0) is 21.5. The summed E-state index contributed by atoms with van der Waals surface area (Å²) in [5.74, 6) is -0.517. The molecular formula is C23H19FN4O3. The highest BCUT2D eigenvalue weighted by atomic mass is 19.1. The van der Waals surface area contributed by atoms with Crippen LogP contribution in [0.15, 0.2) is 48.5 Å². The Labute approximate surface area is 177 Å². The van der Waals surface area contributed by atoms with Crippen LogP contribution in [-0.4, -0.2) is 37.8 Å². The molecule has 0 bridgehead atoms. The van der Waals surface area contributed by atoms with Crippen molar-refractivity contribution in [1.82, 2.24) is 19.8 Å². The number of Topliss-reactive ketones (excluding diaryl/α,β-unsaturated/α-hetero) is 1. The van der Waals surface area contributed by atoms with E-state index >= 15 is 0 Å². The molecule has 1 aliphatic rings. The van der Waals surface area contributed by atoms with Gasteiger partial charge in [-0.1, -0.05) is 30.3 Å². The lowest BCUT2D eigenvalue weighted by Crippen LogP contribution is -2.24. The van der Waals surface area contributed by atoms with E-state index in [1.165, 1.54) is 12.1 Å². The summed E-state index contributed by atoms with van der Waals surface area (Å²) in [4.78, 5) is 12.9. The van der Waals surface area contributed by atoms with Gasteiger partial charge >= 0.3 is 0 Å². The Bertz CT molecular complexity index is 1300. The quantitative estimate of drug-likeness (QED) is 0.544. The number of rotatable bonds is 4. The number of benzene rings is 2. The highest BCUT2D eigenvalue weighted by Gasteiger charge is 2.32. The van der Waals surface area contributed by atoms with Crippen molar-refractivity contribution in [2.24, 2.45) is 0 Å². The van der Waals surface area contributed by atoms with E-state index in [9.17, 15) is 14.3 Å². The maximum Gasteiger partial charge on any atom is 0.185 e. The Kier molecular flexibility index (Phi) is 4.71. The second-order valence-corrected chi connectivity index (χ2v) is 7.58. The van der Waals surface area contributed by atoms with Crippen molar-refractivity contribution in [2.45, 2.75) is 25.4 Å². The van der Waals surface area contributed by atoms with Gasteiger partial charge in [0.25, 0.3) is 0 Å². The molecule has 0 spiro atoms. The van der Waals surface area contributed by atoms with Crippen LogP contribution >= 0.6 is 0 Å². The first-order valence-electron chi connectivity index (χ1n) is 9.90. The molecule has 1 unspecified atom stereocenters. The molecule has 7 nitrogen and oxygen atoms in total. The highest BCUT2D eigenvalue weighted by Crippen LogP contribution is 2.37. The van der Waals surface area contributed by atoms with Crippen molar-refractivity contribution >= 4 is 11.4 Å². The van der Waals surface area contributed by atoms with Gasteiger partial charge in [-0.2, -0.15) is 5.10 Å². The number of fused-ring (bicyclic) bond motifs is 3. The third kappa shape index (κ3) is 3.25. The average Bonchev–Trinajstić information content (AvgIpc) is 3.13. The molecule has 4 aromatic rings. The SMILES string of the molecule is COCc1nn2c3c(nnc2c1-c1ccc(F)cc1)C(=O)CC(c1ccccc1O)C3. The van der Waals surface area contributed by atoms with Crippen LogP contribution in [0.1, 0.15) is 39.8 Å². The van der Waals surface area contributed by atoms with E-state index < -0.39 is 0 Å². The minimum atomic E-state index is -0.340. The van der Waals surface area contributed by atoms with E-state index in [2.05, 4.69) is 15.3 Å². The zero-order valence-electron chi connectivity index (χ0n) is 16.7. The monoisotopic (exact) mass is 418 g/mol. The standard InChI is InChI=1S/C23H19FN4O3/c1-31-12-17-21(13-6-8-15(24)9-7-13)23-26-25-22-18(28(23)27-17)10-14(11-20(22)30)16-4-2-3-5-19(16)29/h2-9,14,29H,10-12H2,1H3. The fourth-order valence-electron chi connectivity index (χ4n) is 4.22. The average molecular weight is 418 g/mol. The van der Waals surface area contributed by atoms with Crippen LogP contribution in [0.2, 0.25) is 0 Å². The van der Waals surface area contributed by atoms with Crippen molar-refractivity contribution in [3.05, 3.63) is 77.0 Å². The van der Waals surface area contributed by atoms with Crippen LogP contribution in [0, 0.1) is 5.82 Å². The predicted octanol–water partition coefficient (Wildman–Crippen LogP) is 3.70. The molecule has 8 heteroatoms. The fraction of sp³-hybridized carbons (Fsp3) is 0.217. The maximum atomic E-state index is 13.5. The second kappa shape index (κ2) is 7.55. The third-order valence-electron chi connectivity index (χ3n) is 5.63. The van der Waals surface area contributed by atoms with Gasteiger partial charge in [0, 0.05) is 19.4 Å². The summed E-state index contributed by atoms with van der Waals surface area (Å²) in [6, 6.07) is 13.1. The van der Waals surface area contributed by atoms with Crippen molar-refractivity contribution in [3.63, 3.8) is 0 Å². The summed E-state index contributed by atoms with van der Waals surface area (Å²) in [6.45, 7) is 0.224. The minimum absolute atomic E-state index is 0.143. The lowest BCUT2D eigenvalue weighted by Gasteiger charge is -2.23. The molecule has 1 N–H and O–H groups in total. The smallest absolute Gasteiger partial charge is 0.185 e. The number of phenolic OH excluding ortho intramolecular Hbond substituents is 1. The van der Waals surface area contributed by atoms with Gasteiger partial charge < -0.3 is 9.84 Å². The lowest BCUT2D eigenvalue weighted by molar-refractivity contribution is 0.0955. The van der Waals surface area contributed by atoms with Gasteiger partial charge in [-0.15, -0.1) is 10.2 Å². The first-order valence-corrected chi connectivity index (χ1v) is 9.90. The Balaban J connectivity index is 1.69. The van der Waals surface area contributed by atoms with Crippen LogP contribution in [0.5, 0.6) is 5.75 Å². The molecule has 5 rings (SSSR count). The van der Waals surface area contributed by atoms with E-state index in [1.807, 2.05) is 12.1 Å². The summed E-state index contributed by atoms with van der Waals surface area (Å²) in [5.41, 5.74) is 4.16. The fourth-order valence-corrected chi connectivity index (χ4v) is 4.22. The highest BCUT2D eigenvalue weighted by molar-refractivity contribution is 5.97. The molecule has 1 aliphatic carbocycles. The molecule has 0 saturated carbocycles. The lowest BCUT2D eigenvalue weighted by atomic mass is 9.83. The van der Waals surface area contributed by atoms with E-state index in [1.54, 1.807) is 35.9 Å². The van der Waals surface area contributed by atoms with Crippen LogP contribution in [0.25, 0.3) is 16.8 Å². The number of carbonyl (C=O) groups excluding carboxylic acids is 1. The largest absolute Gasteiger partial charge is 0.508 e. The number of nitrogens with zero attached hydrogens (tertiary/aromatic N) is 4. The van der Waals surface area contributed by atoms with E-state index in [0.717, 1.165) is 11.1 Å². The van der Waals surface area contributed by atoms with Crippen LogP contribution in [0.3, 0.4) is 0 Å². The van der Waals surface area contributed by atoms with Gasteiger partial charge in [0.1, 0.15) is 11.6 Å². The van der Waals surface area contributed by atoms with Crippen molar-refractivity contribution in [1.29, 1.82) is 0 Å². The molecule has 2 aromatic heterocycles. The van der Waals surface area contributed by atoms with Crippen LogP contribution < -0.4 is 0 Å². The number of ketones is 1. The number of hydrogen-bond acceptors (Lipinski definition) is 6. The topological polar surface area (TPSA) is 89.6 Å². The first-order chi connectivity index (χ1) is 15.1. The summed E-state index contributed by atoms with van der Waals surface area (Å²) < 4.78 is 20.4. The predicted molar refractivity (Wildman–Crippen MR) is 110 cm³/mol. The molecule has 31 heavy (non-hydrogen) atoms. The first kappa shape index (κ1) is 19.3. The molecule has 2 heterocycles. The number of ether oxygens (including phenoxy) is 1. The summed E-state index contributed by atoms with van der Waals surface area (Å²) in [6.07, 6.45) is 0.712. The molecule has 0 aliphatic heterocycles. The molecule has 0 fully saturated rings. The Morgan fingerprint density at radius 3 is 2.65 bits per heavy atom. The normalized spacial score (nSPS) is 15.9. The van der Waals surface area contributed by atoms with E-state index in [-0.39, 0.29) is 42.0 Å². The third-order valence-corrected chi connectivity index (χ3v) is 5.63. The number of phenols is 1. The second-order valence-electron chi connectivity index (χ2n) is 7.58. The molecular weight excluding hydrogens is 399 g/mol. The van der Waals surface area contributed by atoms with Gasteiger partial charge in [-0.05, 0) is 35.7 Å². The van der Waals surface area contributed by atoms with Crippen molar-refractivity contribution in [2.75, 3.05) is 7.11 Å². The minimum Gasteiger partial charge on any atom is -0.508 e. The molecule has 2 aromatic carbocycles. The number of aromatic nitrogens is 4. The van der Waals surface area contributed by atoms with Crippen molar-refractivity contribution < 1.29 is 19.0 Å². The Hall–Kier alpha value is -3.65. The van der Waals surface area contributed by atoms with Gasteiger partial charge in [-0.25, -0.2) is 8.91 Å².